The summed E-state index contributed by atoms with van der Waals surface area (Å²) in [6.45, 7) is 2.71. The molecule has 0 atom stereocenters. The Labute approximate surface area is 73.7 Å². The summed E-state index contributed by atoms with van der Waals surface area (Å²) in [5.41, 5.74) is 2.45. The Kier molecular flexibility index (Phi) is 3.55. The molecule has 1 nitrogen and oxygen atoms in total. The van der Waals surface area contributed by atoms with Gasteiger partial charge in [0.1, 0.15) is 0 Å². The average molecular weight is 162 g/mol. The van der Waals surface area contributed by atoms with Gasteiger partial charge in [0.05, 0.1) is 6.61 Å². The third-order valence-electron chi connectivity index (χ3n) is 1.65. The van der Waals surface area contributed by atoms with Crippen LogP contribution in [-0.2, 0) is 11.3 Å². The molecule has 0 heterocycles. The highest BCUT2D eigenvalue weighted by Gasteiger charge is 1.89. The molecule has 0 saturated carbocycles. The maximum absolute atomic E-state index is 5.01. The predicted molar refractivity (Wildman–Crippen MR) is 51.9 cm³/mol. The SMILES string of the molecule is CC=Cc1ccc(COC)cc1. The molecule has 0 unspecified atom stereocenters. The van der Waals surface area contributed by atoms with Gasteiger partial charge in [-0.25, -0.2) is 0 Å². The molecular formula is C11H14O. The van der Waals surface area contributed by atoms with E-state index in [1.165, 1.54) is 11.1 Å². The lowest BCUT2D eigenvalue weighted by Crippen LogP contribution is -1.86. The molecule has 0 saturated heterocycles. The van der Waals surface area contributed by atoms with E-state index >= 15 is 0 Å². The largest absolute Gasteiger partial charge is 0.380 e. The van der Waals surface area contributed by atoms with Crippen LogP contribution in [0.3, 0.4) is 0 Å². The van der Waals surface area contributed by atoms with Crippen LogP contribution in [0.15, 0.2) is 30.3 Å². The minimum absolute atomic E-state index is 0.691. The number of ether oxygens (including phenoxy) is 1. The van der Waals surface area contributed by atoms with Crippen LogP contribution >= 0.6 is 0 Å². The van der Waals surface area contributed by atoms with Crippen LogP contribution in [0, 0.1) is 0 Å². The third kappa shape index (κ3) is 2.51. The fourth-order valence-electron chi connectivity index (χ4n) is 1.08. The topological polar surface area (TPSA) is 9.23 Å². The van der Waals surface area contributed by atoms with Gasteiger partial charge in [-0.05, 0) is 18.1 Å². The highest BCUT2D eigenvalue weighted by molar-refractivity contribution is 5.49. The molecule has 0 aliphatic carbocycles. The summed E-state index contributed by atoms with van der Waals surface area (Å²) >= 11 is 0. The first-order chi connectivity index (χ1) is 5.86. The fourth-order valence-corrected chi connectivity index (χ4v) is 1.08. The third-order valence-corrected chi connectivity index (χ3v) is 1.65. The number of rotatable bonds is 3. The van der Waals surface area contributed by atoms with Gasteiger partial charge in [-0.1, -0.05) is 36.4 Å². The summed E-state index contributed by atoms with van der Waals surface area (Å²) in [5, 5.41) is 0. The Balaban J connectivity index is 2.71. The van der Waals surface area contributed by atoms with Gasteiger partial charge in [-0.15, -0.1) is 0 Å². The summed E-state index contributed by atoms with van der Waals surface area (Å²) in [5.74, 6) is 0. The van der Waals surface area contributed by atoms with E-state index < -0.39 is 0 Å². The van der Waals surface area contributed by atoms with Crippen LogP contribution in [0.1, 0.15) is 18.1 Å². The normalized spacial score (nSPS) is 10.8. The molecule has 0 bridgehead atoms. The van der Waals surface area contributed by atoms with Crippen LogP contribution < -0.4 is 0 Å². The number of benzene rings is 1. The Bertz CT molecular complexity index is 246. The van der Waals surface area contributed by atoms with Gasteiger partial charge in [0.25, 0.3) is 0 Å². The molecule has 0 aromatic heterocycles. The zero-order chi connectivity index (χ0) is 8.81. The van der Waals surface area contributed by atoms with Crippen molar-refractivity contribution in [1.82, 2.24) is 0 Å². The van der Waals surface area contributed by atoms with Crippen LogP contribution in [0.4, 0.5) is 0 Å². The molecule has 1 aromatic rings. The molecule has 0 N–H and O–H groups in total. The monoisotopic (exact) mass is 162 g/mol. The molecule has 0 amide bonds. The molecule has 0 aliphatic heterocycles. The van der Waals surface area contributed by atoms with E-state index in [9.17, 15) is 0 Å². The Morgan fingerprint density at radius 3 is 2.42 bits per heavy atom. The minimum atomic E-state index is 0.691. The molecule has 1 rings (SSSR count). The maximum Gasteiger partial charge on any atom is 0.0713 e. The van der Waals surface area contributed by atoms with Crippen LogP contribution in [0.2, 0.25) is 0 Å². The van der Waals surface area contributed by atoms with E-state index in [1.807, 2.05) is 13.0 Å². The number of hydrogen-bond donors (Lipinski definition) is 0. The van der Waals surface area contributed by atoms with Gasteiger partial charge in [0.2, 0.25) is 0 Å². The van der Waals surface area contributed by atoms with Crippen LogP contribution in [-0.4, -0.2) is 7.11 Å². The zero-order valence-corrected chi connectivity index (χ0v) is 7.58. The number of allylic oxidation sites excluding steroid dienone is 1. The van der Waals surface area contributed by atoms with Gasteiger partial charge < -0.3 is 4.74 Å². The quantitative estimate of drug-likeness (QED) is 0.664. The Hall–Kier alpha value is -1.08. The van der Waals surface area contributed by atoms with Crippen molar-refractivity contribution in [1.29, 1.82) is 0 Å². The molecule has 0 fully saturated rings. The van der Waals surface area contributed by atoms with E-state index in [2.05, 4.69) is 30.3 Å². The summed E-state index contributed by atoms with van der Waals surface area (Å²) in [6.07, 6.45) is 4.11. The second kappa shape index (κ2) is 4.73. The number of methoxy groups -OCH3 is 1. The lowest BCUT2D eigenvalue weighted by Gasteiger charge is -1.99. The van der Waals surface area contributed by atoms with Crippen LogP contribution in [0.5, 0.6) is 0 Å². The van der Waals surface area contributed by atoms with Crippen molar-refractivity contribution in [3.05, 3.63) is 41.5 Å². The second-order valence-corrected chi connectivity index (χ2v) is 2.67. The van der Waals surface area contributed by atoms with Gasteiger partial charge in [-0.3, -0.25) is 0 Å². The van der Waals surface area contributed by atoms with E-state index in [4.69, 9.17) is 4.74 Å². The molecule has 64 valence electrons. The number of hydrogen-bond acceptors (Lipinski definition) is 1. The van der Waals surface area contributed by atoms with Crippen molar-refractivity contribution < 1.29 is 4.74 Å². The highest BCUT2D eigenvalue weighted by atomic mass is 16.5. The summed E-state index contributed by atoms with van der Waals surface area (Å²) in [7, 11) is 1.71. The van der Waals surface area contributed by atoms with Gasteiger partial charge in [-0.2, -0.15) is 0 Å². The lowest BCUT2D eigenvalue weighted by molar-refractivity contribution is 0.185. The summed E-state index contributed by atoms with van der Waals surface area (Å²) in [4.78, 5) is 0. The van der Waals surface area contributed by atoms with E-state index in [0.717, 1.165) is 0 Å². The molecule has 0 spiro atoms. The highest BCUT2D eigenvalue weighted by Crippen LogP contribution is 2.06. The van der Waals surface area contributed by atoms with Gasteiger partial charge in [0.15, 0.2) is 0 Å². The van der Waals surface area contributed by atoms with Crippen molar-refractivity contribution in [3.8, 4) is 0 Å². The molecule has 12 heavy (non-hydrogen) atoms. The maximum atomic E-state index is 5.01. The van der Waals surface area contributed by atoms with Crippen molar-refractivity contribution in [2.24, 2.45) is 0 Å². The second-order valence-electron chi connectivity index (χ2n) is 2.67. The fraction of sp³-hybridized carbons (Fsp3) is 0.273. The summed E-state index contributed by atoms with van der Waals surface area (Å²) in [6, 6.07) is 8.35. The van der Waals surface area contributed by atoms with Crippen LogP contribution in [0.25, 0.3) is 6.08 Å². The molecule has 0 radical (unpaired) electrons. The Morgan fingerprint density at radius 2 is 1.92 bits per heavy atom. The lowest BCUT2D eigenvalue weighted by atomic mass is 10.1. The van der Waals surface area contributed by atoms with Gasteiger partial charge >= 0.3 is 0 Å². The molecular weight excluding hydrogens is 148 g/mol. The average Bonchev–Trinajstić information content (AvgIpc) is 2.09. The Morgan fingerprint density at radius 1 is 1.25 bits per heavy atom. The zero-order valence-electron chi connectivity index (χ0n) is 7.58. The van der Waals surface area contributed by atoms with E-state index in [1.54, 1.807) is 7.11 Å². The molecule has 1 aromatic carbocycles. The van der Waals surface area contributed by atoms with Crippen molar-refractivity contribution >= 4 is 6.08 Å². The van der Waals surface area contributed by atoms with Crippen molar-refractivity contribution in [2.45, 2.75) is 13.5 Å². The van der Waals surface area contributed by atoms with E-state index in [0.29, 0.717) is 6.61 Å². The minimum Gasteiger partial charge on any atom is -0.380 e. The van der Waals surface area contributed by atoms with Gasteiger partial charge in [0, 0.05) is 7.11 Å². The predicted octanol–water partition coefficient (Wildman–Crippen LogP) is 2.87. The standard InChI is InChI=1S/C11H14O/c1-3-4-10-5-7-11(8-6-10)9-12-2/h3-8H,9H2,1-2H3. The first-order valence-corrected chi connectivity index (χ1v) is 4.07. The van der Waals surface area contributed by atoms with E-state index in [-0.39, 0.29) is 0 Å². The molecule has 0 aliphatic rings. The first-order valence-electron chi connectivity index (χ1n) is 4.07. The van der Waals surface area contributed by atoms with Crippen molar-refractivity contribution in [3.63, 3.8) is 0 Å². The smallest absolute Gasteiger partial charge is 0.0713 e. The summed E-state index contributed by atoms with van der Waals surface area (Å²) < 4.78 is 5.01. The first kappa shape index (κ1) is 9.01. The molecule has 1 heteroatoms. The van der Waals surface area contributed by atoms with Crippen molar-refractivity contribution in [2.75, 3.05) is 7.11 Å².